The molecule has 5 rings (SSSR count). The Morgan fingerprint density at radius 1 is 0.912 bits per heavy atom. The van der Waals surface area contributed by atoms with Crippen LogP contribution in [0.3, 0.4) is 0 Å². The minimum Gasteiger partial charge on any atom is -0.490 e. The van der Waals surface area contributed by atoms with Crippen molar-refractivity contribution in [2.24, 2.45) is 0 Å². The van der Waals surface area contributed by atoms with Gasteiger partial charge < -0.3 is 14.2 Å². The number of halogens is 1. The van der Waals surface area contributed by atoms with Gasteiger partial charge in [-0.15, -0.1) is 0 Å². The van der Waals surface area contributed by atoms with E-state index >= 15 is 0 Å². The molecule has 0 atom stereocenters. The van der Waals surface area contributed by atoms with Crippen LogP contribution in [0.25, 0.3) is 0 Å². The van der Waals surface area contributed by atoms with E-state index in [0.717, 1.165) is 11.1 Å². The lowest BCUT2D eigenvalue weighted by molar-refractivity contribution is 0.0558. The Morgan fingerprint density at radius 3 is 2.09 bits per heavy atom. The predicted molar refractivity (Wildman–Crippen MR) is 126 cm³/mol. The maximum atomic E-state index is 13.1. The van der Waals surface area contributed by atoms with Gasteiger partial charge in [0.25, 0.3) is 5.91 Å². The summed E-state index contributed by atoms with van der Waals surface area (Å²) in [5.41, 5.74) is 2.87. The summed E-state index contributed by atoms with van der Waals surface area (Å²) in [5, 5.41) is 4.29. The smallest absolute Gasteiger partial charge is 0.292 e. The van der Waals surface area contributed by atoms with Gasteiger partial charge in [0, 0.05) is 32.0 Å². The Hall–Kier alpha value is -3.93. The molecule has 1 aliphatic heterocycles. The number of hydrogen-bond donors (Lipinski definition) is 0. The largest absolute Gasteiger partial charge is 0.490 e. The van der Waals surface area contributed by atoms with Crippen LogP contribution in [0.5, 0.6) is 5.75 Å². The third kappa shape index (κ3) is 4.86. The molecule has 0 saturated carbocycles. The number of amides is 1. The van der Waals surface area contributed by atoms with Crippen LogP contribution in [0.2, 0.25) is 0 Å². The monoisotopic (exact) mass is 456 g/mol. The molecule has 0 N–H and O–H groups in total. The summed E-state index contributed by atoms with van der Waals surface area (Å²) in [7, 11) is 0. The fourth-order valence-corrected chi connectivity index (χ4v) is 4.39. The van der Waals surface area contributed by atoms with Gasteiger partial charge in [0.05, 0.1) is 11.6 Å². The molecule has 172 valence electrons. The SMILES string of the molecule is O=C(c1cc(C(c2ccccc2)c2ccccc2)no1)N1CCC(Oc2ccc(F)cc2)CC1. The Bertz CT molecular complexity index is 1180. The zero-order valence-corrected chi connectivity index (χ0v) is 18.6. The first-order valence-electron chi connectivity index (χ1n) is 11.5. The predicted octanol–water partition coefficient (Wildman–Crippen LogP) is 5.68. The highest BCUT2D eigenvalue weighted by atomic mass is 19.1. The number of carbonyl (C=O) groups excluding carboxylic acids is 1. The average Bonchev–Trinajstić information content (AvgIpc) is 3.37. The van der Waals surface area contributed by atoms with Crippen molar-refractivity contribution in [2.75, 3.05) is 13.1 Å². The fraction of sp³-hybridized carbons (Fsp3) is 0.214. The summed E-state index contributed by atoms with van der Waals surface area (Å²) in [6.07, 6.45) is 1.38. The zero-order chi connectivity index (χ0) is 23.3. The maximum Gasteiger partial charge on any atom is 0.292 e. The summed E-state index contributed by atoms with van der Waals surface area (Å²) >= 11 is 0. The molecule has 6 heteroatoms. The lowest BCUT2D eigenvalue weighted by Gasteiger charge is -2.31. The van der Waals surface area contributed by atoms with Gasteiger partial charge in [0.15, 0.2) is 0 Å². The lowest BCUT2D eigenvalue weighted by atomic mass is 9.88. The number of aromatic nitrogens is 1. The van der Waals surface area contributed by atoms with Crippen LogP contribution in [0.4, 0.5) is 4.39 Å². The first-order chi connectivity index (χ1) is 16.7. The van der Waals surface area contributed by atoms with E-state index in [9.17, 15) is 9.18 Å². The summed E-state index contributed by atoms with van der Waals surface area (Å²) in [5.74, 6) is 0.297. The molecule has 1 amide bonds. The number of hydrogen-bond acceptors (Lipinski definition) is 4. The van der Waals surface area contributed by atoms with Gasteiger partial charge in [-0.05, 0) is 35.4 Å². The number of benzene rings is 3. The highest BCUT2D eigenvalue weighted by Crippen LogP contribution is 2.32. The molecule has 0 aliphatic carbocycles. The van der Waals surface area contributed by atoms with Crippen molar-refractivity contribution in [1.82, 2.24) is 10.1 Å². The zero-order valence-electron chi connectivity index (χ0n) is 18.6. The first kappa shape index (κ1) is 21.9. The summed E-state index contributed by atoms with van der Waals surface area (Å²) in [6.45, 7) is 1.11. The molecule has 1 saturated heterocycles. The molecule has 0 unspecified atom stereocenters. The van der Waals surface area contributed by atoms with Gasteiger partial charge in [0.1, 0.15) is 17.7 Å². The highest BCUT2D eigenvalue weighted by molar-refractivity contribution is 5.91. The second kappa shape index (κ2) is 9.91. The van der Waals surface area contributed by atoms with E-state index in [-0.39, 0.29) is 29.5 Å². The van der Waals surface area contributed by atoms with Gasteiger partial charge in [-0.2, -0.15) is 0 Å². The molecule has 0 spiro atoms. The number of ether oxygens (including phenoxy) is 1. The standard InChI is InChI=1S/C28H25FN2O3/c29-22-11-13-23(14-12-22)33-24-15-17-31(18-16-24)28(32)26-19-25(30-34-26)27(20-7-3-1-4-8-20)21-9-5-2-6-10-21/h1-14,19,24,27H,15-18H2. The molecule has 3 aromatic carbocycles. The summed E-state index contributed by atoms with van der Waals surface area (Å²) in [4.78, 5) is 14.9. The number of piperidine rings is 1. The third-order valence-electron chi connectivity index (χ3n) is 6.15. The number of likely N-dealkylation sites (tertiary alicyclic amines) is 1. The first-order valence-corrected chi connectivity index (χ1v) is 11.5. The summed E-state index contributed by atoms with van der Waals surface area (Å²) < 4.78 is 24.6. The van der Waals surface area contributed by atoms with Crippen LogP contribution in [0.1, 0.15) is 46.1 Å². The van der Waals surface area contributed by atoms with Crippen molar-refractivity contribution in [3.8, 4) is 5.75 Å². The normalized spacial score (nSPS) is 14.4. The molecule has 5 nitrogen and oxygen atoms in total. The Labute approximate surface area is 197 Å². The lowest BCUT2D eigenvalue weighted by Crippen LogP contribution is -2.41. The van der Waals surface area contributed by atoms with Crippen LogP contribution in [0, 0.1) is 5.82 Å². The van der Waals surface area contributed by atoms with Crippen molar-refractivity contribution in [3.05, 3.63) is 119 Å². The molecule has 1 fully saturated rings. The van der Waals surface area contributed by atoms with Crippen molar-refractivity contribution in [1.29, 1.82) is 0 Å². The topological polar surface area (TPSA) is 55.6 Å². The minimum atomic E-state index is -0.291. The van der Waals surface area contributed by atoms with E-state index in [0.29, 0.717) is 37.4 Å². The van der Waals surface area contributed by atoms with Gasteiger partial charge in [-0.3, -0.25) is 4.79 Å². The van der Waals surface area contributed by atoms with E-state index in [1.807, 2.05) is 36.4 Å². The molecular formula is C28H25FN2O3. The van der Waals surface area contributed by atoms with E-state index in [4.69, 9.17) is 9.26 Å². The molecule has 4 aromatic rings. The molecule has 0 radical (unpaired) electrons. The van der Waals surface area contributed by atoms with Gasteiger partial charge in [0.2, 0.25) is 5.76 Å². The second-order valence-corrected chi connectivity index (χ2v) is 8.43. The van der Waals surface area contributed by atoms with Crippen molar-refractivity contribution in [3.63, 3.8) is 0 Å². The van der Waals surface area contributed by atoms with Crippen LogP contribution in [-0.4, -0.2) is 35.2 Å². The molecule has 34 heavy (non-hydrogen) atoms. The van der Waals surface area contributed by atoms with Crippen molar-refractivity contribution >= 4 is 5.91 Å². The minimum absolute atomic E-state index is 0.0136. The van der Waals surface area contributed by atoms with Crippen LogP contribution >= 0.6 is 0 Å². The van der Waals surface area contributed by atoms with Gasteiger partial charge in [-0.25, -0.2) is 4.39 Å². The second-order valence-electron chi connectivity index (χ2n) is 8.43. The molecule has 0 bridgehead atoms. The number of nitrogens with zero attached hydrogens (tertiary/aromatic N) is 2. The van der Waals surface area contributed by atoms with E-state index < -0.39 is 0 Å². The third-order valence-corrected chi connectivity index (χ3v) is 6.15. The molecular weight excluding hydrogens is 431 g/mol. The Morgan fingerprint density at radius 2 is 1.50 bits per heavy atom. The quantitative estimate of drug-likeness (QED) is 0.375. The fourth-order valence-electron chi connectivity index (χ4n) is 4.39. The van der Waals surface area contributed by atoms with Crippen molar-refractivity contribution in [2.45, 2.75) is 24.9 Å². The van der Waals surface area contributed by atoms with Crippen LogP contribution in [0.15, 0.2) is 95.5 Å². The Balaban J connectivity index is 1.27. The highest BCUT2D eigenvalue weighted by Gasteiger charge is 2.29. The van der Waals surface area contributed by atoms with E-state index in [2.05, 4.69) is 29.4 Å². The van der Waals surface area contributed by atoms with Crippen LogP contribution < -0.4 is 4.74 Å². The average molecular weight is 457 g/mol. The molecule has 2 heterocycles. The molecule has 1 aromatic heterocycles. The van der Waals surface area contributed by atoms with E-state index in [1.54, 1.807) is 23.1 Å². The van der Waals surface area contributed by atoms with Gasteiger partial charge in [-0.1, -0.05) is 65.8 Å². The summed E-state index contributed by atoms with van der Waals surface area (Å²) in [6, 6.07) is 27.9. The van der Waals surface area contributed by atoms with Gasteiger partial charge >= 0.3 is 0 Å². The molecule has 1 aliphatic rings. The van der Waals surface area contributed by atoms with E-state index in [1.165, 1.54) is 12.1 Å². The van der Waals surface area contributed by atoms with Crippen molar-refractivity contribution < 1.29 is 18.4 Å². The maximum absolute atomic E-state index is 13.1. The number of carbonyl (C=O) groups is 1. The van der Waals surface area contributed by atoms with Crippen LogP contribution in [-0.2, 0) is 0 Å². The number of rotatable bonds is 6. The Kier molecular flexibility index (Phi) is 6.38.